The number of anilines is 1. The maximum atomic E-state index is 11.2. The Hall–Kier alpha value is -2.10. The third kappa shape index (κ3) is 2.74. The molecule has 2 N–H and O–H groups in total. The summed E-state index contributed by atoms with van der Waals surface area (Å²) >= 11 is 0. The molecule has 4 nitrogen and oxygen atoms in total. The lowest BCUT2D eigenvalue weighted by Gasteiger charge is -2.05. The molecule has 0 fully saturated rings. The fourth-order valence-corrected chi connectivity index (χ4v) is 2.33. The van der Waals surface area contributed by atoms with Gasteiger partial charge >= 0.3 is 0 Å². The number of hydrogen-bond donors (Lipinski definition) is 1. The van der Waals surface area contributed by atoms with Gasteiger partial charge in [0.2, 0.25) is 0 Å². The molecule has 1 aromatic heterocycles. The van der Waals surface area contributed by atoms with Crippen LogP contribution in [0, 0.1) is 5.92 Å². The second-order valence-electron chi connectivity index (χ2n) is 5.38. The Kier molecular flexibility index (Phi) is 4.23. The number of aromatic nitrogens is 2. The Labute approximate surface area is 119 Å². The van der Waals surface area contributed by atoms with Gasteiger partial charge in [-0.2, -0.15) is 5.10 Å². The van der Waals surface area contributed by atoms with Crippen molar-refractivity contribution in [2.45, 2.75) is 33.7 Å². The van der Waals surface area contributed by atoms with Gasteiger partial charge in [0, 0.05) is 12.1 Å². The summed E-state index contributed by atoms with van der Waals surface area (Å²) in [6.45, 7) is 7.00. The molecular weight excluding hydrogens is 250 g/mol. The Morgan fingerprint density at radius 3 is 2.45 bits per heavy atom. The summed E-state index contributed by atoms with van der Waals surface area (Å²) in [4.78, 5) is 11.2. The van der Waals surface area contributed by atoms with Gasteiger partial charge in [0.15, 0.2) is 6.29 Å². The van der Waals surface area contributed by atoms with Gasteiger partial charge in [-0.1, -0.05) is 38.1 Å². The molecule has 0 amide bonds. The largest absolute Gasteiger partial charge is 0.383 e. The van der Waals surface area contributed by atoms with Crippen molar-refractivity contribution in [1.82, 2.24) is 9.78 Å². The van der Waals surface area contributed by atoms with E-state index in [2.05, 4.69) is 31.1 Å². The molecule has 0 saturated heterocycles. The molecule has 0 bridgehead atoms. The van der Waals surface area contributed by atoms with E-state index in [-0.39, 0.29) is 0 Å². The first-order chi connectivity index (χ1) is 9.56. The van der Waals surface area contributed by atoms with Crippen molar-refractivity contribution < 1.29 is 4.79 Å². The van der Waals surface area contributed by atoms with E-state index >= 15 is 0 Å². The zero-order valence-electron chi connectivity index (χ0n) is 12.3. The zero-order valence-corrected chi connectivity index (χ0v) is 12.3. The molecule has 0 spiro atoms. The first kappa shape index (κ1) is 14.3. The van der Waals surface area contributed by atoms with E-state index in [1.54, 1.807) is 4.68 Å². The summed E-state index contributed by atoms with van der Waals surface area (Å²) in [5, 5.41) is 4.42. The third-order valence-electron chi connectivity index (χ3n) is 3.32. The number of nitrogens with two attached hydrogens (primary N) is 1. The van der Waals surface area contributed by atoms with Crippen molar-refractivity contribution in [2.75, 3.05) is 5.73 Å². The van der Waals surface area contributed by atoms with Crippen LogP contribution in [0.15, 0.2) is 24.3 Å². The molecule has 0 atom stereocenters. The van der Waals surface area contributed by atoms with Gasteiger partial charge < -0.3 is 5.73 Å². The lowest BCUT2D eigenvalue weighted by Crippen LogP contribution is -2.02. The molecule has 4 heteroatoms. The van der Waals surface area contributed by atoms with Gasteiger partial charge in [0.1, 0.15) is 11.5 Å². The molecule has 1 heterocycles. The van der Waals surface area contributed by atoms with Crippen molar-refractivity contribution in [3.05, 3.63) is 35.4 Å². The summed E-state index contributed by atoms with van der Waals surface area (Å²) in [5.41, 5.74) is 9.29. The normalized spacial score (nSPS) is 11.0. The predicted molar refractivity (Wildman–Crippen MR) is 81.7 cm³/mol. The van der Waals surface area contributed by atoms with Crippen molar-refractivity contribution in [3.8, 4) is 11.3 Å². The summed E-state index contributed by atoms with van der Waals surface area (Å²) < 4.78 is 1.65. The summed E-state index contributed by atoms with van der Waals surface area (Å²) in [6, 6.07) is 8.19. The average molecular weight is 271 g/mol. The number of aryl methyl sites for hydroxylation is 1. The van der Waals surface area contributed by atoms with E-state index in [0.717, 1.165) is 18.3 Å². The second-order valence-corrected chi connectivity index (χ2v) is 5.38. The van der Waals surface area contributed by atoms with Crippen molar-refractivity contribution >= 4 is 12.1 Å². The van der Waals surface area contributed by atoms with E-state index in [4.69, 9.17) is 5.73 Å². The van der Waals surface area contributed by atoms with E-state index < -0.39 is 0 Å². The van der Waals surface area contributed by atoms with Crippen LogP contribution < -0.4 is 5.73 Å². The van der Waals surface area contributed by atoms with E-state index in [1.165, 1.54) is 5.56 Å². The smallest absolute Gasteiger partial charge is 0.156 e. The highest BCUT2D eigenvalue weighted by molar-refractivity contribution is 5.91. The highest BCUT2D eigenvalue weighted by Gasteiger charge is 2.15. The maximum Gasteiger partial charge on any atom is 0.156 e. The SMILES string of the molecule is CCn1nc(-c2ccc(CC(C)C)cc2)c(C=O)c1N. The fourth-order valence-electron chi connectivity index (χ4n) is 2.33. The molecule has 0 aliphatic rings. The quantitative estimate of drug-likeness (QED) is 0.850. The standard InChI is InChI=1S/C16H21N3O/c1-4-19-16(17)14(10-20)15(18-19)13-7-5-12(6-8-13)9-11(2)3/h5-8,10-11H,4,9,17H2,1-3H3. The molecule has 2 aromatic rings. The van der Waals surface area contributed by atoms with Crippen molar-refractivity contribution in [2.24, 2.45) is 5.92 Å². The zero-order chi connectivity index (χ0) is 14.7. The average Bonchev–Trinajstić information content (AvgIpc) is 2.75. The maximum absolute atomic E-state index is 11.2. The summed E-state index contributed by atoms with van der Waals surface area (Å²) in [5.74, 6) is 1.06. The summed E-state index contributed by atoms with van der Waals surface area (Å²) in [7, 11) is 0. The number of carbonyl (C=O) groups excluding carboxylic acids is 1. The van der Waals surface area contributed by atoms with Gasteiger partial charge in [0.05, 0.1) is 5.56 Å². The van der Waals surface area contributed by atoms with E-state index in [1.807, 2.05) is 19.1 Å². The number of nitrogen functional groups attached to an aromatic ring is 1. The van der Waals surface area contributed by atoms with Crippen LogP contribution in [0.2, 0.25) is 0 Å². The van der Waals surface area contributed by atoms with Gasteiger partial charge in [-0.15, -0.1) is 0 Å². The number of carbonyl (C=O) groups is 1. The van der Waals surface area contributed by atoms with Gasteiger partial charge in [-0.05, 0) is 24.8 Å². The van der Waals surface area contributed by atoms with Crippen LogP contribution in [0.5, 0.6) is 0 Å². The highest BCUT2D eigenvalue weighted by Crippen LogP contribution is 2.26. The molecule has 0 aliphatic carbocycles. The minimum absolute atomic E-state index is 0.434. The number of aldehydes is 1. The van der Waals surface area contributed by atoms with Crippen LogP contribution >= 0.6 is 0 Å². The van der Waals surface area contributed by atoms with Crippen molar-refractivity contribution in [1.29, 1.82) is 0 Å². The monoisotopic (exact) mass is 271 g/mol. The van der Waals surface area contributed by atoms with Crippen LogP contribution in [0.25, 0.3) is 11.3 Å². The first-order valence-electron chi connectivity index (χ1n) is 6.97. The van der Waals surface area contributed by atoms with E-state index in [0.29, 0.717) is 29.5 Å². The van der Waals surface area contributed by atoms with Gasteiger partial charge in [-0.25, -0.2) is 4.68 Å². The molecule has 106 valence electrons. The highest BCUT2D eigenvalue weighted by atomic mass is 16.1. The third-order valence-corrected chi connectivity index (χ3v) is 3.32. The number of rotatable bonds is 5. The Balaban J connectivity index is 2.38. The Bertz CT molecular complexity index is 597. The molecule has 2 rings (SSSR count). The molecule has 1 aromatic carbocycles. The number of nitrogens with zero attached hydrogens (tertiary/aromatic N) is 2. The van der Waals surface area contributed by atoms with Crippen LogP contribution in [-0.2, 0) is 13.0 Å². The van der Waals surface area contributed by atoms with Gasteiger partial charge in [0.25, 0.3) is 0 Å². The molecule has 0 aliphatic heterocycles. The van der Waals surface area contributed by atoms with Crippen LogP contribution in [-0.4, -0.2) is 16.1 Å². The Morgan fingerprint density at radius 1 is 1.30 bits per heavy atom. The minimum atomic E-state index is 0.434. The van der Waals surface area contributed by atoms with Crippen LogP contribution in [0.1, 0.15) is 36.7 Å². The van der Waals surface area contributed by atoms with Crippen LogP contribution in [0.4, 0.5) is 5.82 Å². The second kappa shape index (κ2) is 5.90. The van der Waals surface area contributed by atoms with E-state index in [9.17, 15) is 4.79 Å². The topological polar surface area (TPSA) is 60.9 Å². The molecular formula is C16H21N3O. The Morgan fingerprint density at radius 2 is 1.95 bits per heavy atom. The predicted octanol–water partition coefficient (Wildman–Crippen LogP) is 3.16. The minimum Gasteiger partial charge on any atom is -0.383 e. The first-order valence-corrected chi connectivity index (χ1v) is 6.97. The number of benzene rings is 1. The van der Waals surface area contributed by atoms with Crippen molar-refractivity contribution in [3.63, 3.8) is 0 Å². The lowest BCUT2D eigenvalue weighted by atomic mass is 10.00. The summed E-state index contributed by atoms with van der Waals surface area (Å²) in [6.07, 6.45) is 1.83. The molecule has 20 heavy (non-hydrogen) atoms. The molecule has 0 radical (unpaired) electrons. The number of hydrogen-bond acceptors (Lipinski definition) is 3. The van der Waals surface area contributed by atoms with Crippen LogP contribution in [0.3, 0.4) is 0 Å². The lowest BCUT2D eigenvalue weighted by molar-refractivity contribution is 0.112. The fraction of sp³-hybridized carbons (Fsp3) is 0.375. The molecule has 0 saturated carbocycles. The molecule has 0 unspecified atom stereocenters. The van der Waals surface area contributed by atoms with Gasteiger partial charge in [-0.3, -0.25) is 4.79 Å².